The number of aromatic nitrogens is 1. The average molecular weight is 331 g/mol. The molecule has 0 bridgehead atoms. The SMILES string of the molecule is O=C(NCCN1CCCC[C@H]1CO)c1ccc2cccc(F)c2n1. The number of piperidine rings is 1. The minimum absolute atomic E-state index is 0.152. The number of hydrogen-bond acceptors (Lipinski definition) is 4. The standard InChI is InChI=1S/C18H22FN3O2/c19-15-6-3-4-13-7-8-16(21-17(13)15)18(24)20-9-11-22-10-2-1-5-14(22)12-23/h3-4,6-8,14,23H,1-2,5,9-12H2,(H,20,24)/t14-/m0/s1. The fraction of sp³-hybridized carbons (Fsp3) is 0.444. The highest BCUT2D eigenvalue weighted by Crippen LogP contribution is 2.17. The third-order valence-electron chi connectivity index (χ3n) is 4.55. The zero-order valence-electron chi connectivity index (χ0n) is 13.5. The van der Waals surface area contributed by atoms with E-state index in [0.717, 1.165) is 25.8 Å². The summed E-state index contributed by atoms with van der Waals surface area (Å²) in [6.07, 6.45) is 3.26. The molecule has 2 heterocycles. The van der Waals surface area contributed by atoms with E-state index >= 15 is 0 Å². The molecule has 1 saturated heterocycles. The third-order valence-corrected chi connectivity index (χ3v) is 4.55. The lowest BCUT2D eigenvalue weighted by Crippen LogP contribution is -2.45. The smallest absolute Gasteiger partial charge is 0.269 e. The van der Waals surface area contributed by atoms with E-state index in [4.69, 9.17) is 0 Å². The summed E-state index contributed by atoms with van der Waals surface area (Å²) in [5, 5.41) is 12.9. The van der Waals surface area contributed by atoms with Crippen LogP contribution in [0.15, 0.2) is 30.3 Å². The second-order valence-electron chi connectivity index (χ2n) is 6.13. The number of likely N-dealkylation sites (tertiary alicyclic amines) is 1. The predicted molar refractivity (Wildman–Crippen MR) is 90.3 cm³/mol. The maximum absolute atomic E-state index is 13.8. The van der Waals surface area contributed by atoms with E-state index in [9.17, 15) is 14.3 Å². The van der Waals surface area contributed by atoms with Gasteiger partial charge < -0.3 is 10.4 Å². The molecule has 3 rings (SSSR count). The molecule has 5 nitrogen and oxygen atoms in total. The molecule has 0 radical (unpaired) electrons. The molecule has 0 spiro atoms. The zero-order valence-corrected chi connectivity index (χ0v) is 13.5. The van der Waals surface area contributed by atoms with Crippen molar-refractivity contribution in [3.05, 3.63) is 41.8 Å². The molecule has 1 aromatic heterocycles. The van der Waals surface area contributed by atoms with Gasteiger partial charge in [0.1, 0.15) is 17.0 Å². The number of aliphatic hydroxyl groups excluding tert-OH is 1. The largest absolute Gasteiger partial charge is 0.395 e. The van der Waals surface area contributed by atoms with Crippen molar-refractivity contribution in [2.24, 2.45) is 0 Å². The van der Waals surface area contributed by atoms with Gasteiger partial charge in [-0.3, -0.25) is 9.69 Å². The molecule has 0 aliphatic carbocycles. The molecule has 1 fully saturated rings. The first-order valence-electron chi connectivity index (χ1n) is 8.37. The second kappa shape index (κ2) is 7.68. The fourth-order valence-corrected chi connectivity index (χ4v) is 3.20. The Morgan fingerprint density at radius 2 is 2.21 bits per heavy atom. The molecular weight excluding hydrogens is 309 g/mol. The number of nitrogens with zero attached hydrogens (tertiary/aromatic N) is 2. The lowest BCUT2D eigenvalue weighted by Gasteiger charge is -2.34. The van der Waals surface area contributed by atoms with Crippen molar-refractivity contribution in [2.75, 3.05) is 26.2 Å². The minimum atomic E-state index is -0.429. The molecular formula is C18H22FN3O2. The topological polar surface area (TPSA) is 65.5 Å². The van der Waals surface area contributed by atoms with E-state index in [1.807, 2.05) is 0 Å². The molecule has 1 aliphatic heterocycles. The van der Waals surface area contributed by atoms with Crippen molar-refractivity contribution in [1.82, 2.24) is 15.2 Å². The lowest BCUT2D eigenvalue weighted by atomic mass is 10.0. The number of fused-ring (bicyclic) bond motifs is 1. The number of amides is 1. The second-order valence-corrected chi connectivity index (χ2v) is 6.13. The number of halogens is 1. The van der Waals surface area contributed by atoms with Crippen LogP contribution in [0.3, 0.4) is 0 Å². The van der Waals surface area contributed by atoms with E-state index < -0.39 is 5.82 Å². The maximum Gasteiger partial charge on any atom is 0.269 e. The Morgan fingerprint density at radius 1 is 1.33 bits per heavy atom. The van der Waals surface area contributed by atoms with Crippen molar-refractivity contribution in [3.8, 4) is 0 Å². The van der Waals surface area contributed by atoms with Crippen LogP contribution in [0, 0.1) is 5.82 Å². The summed E-state index contributed by atoms with van der Waals surface area (Å²) in [7, 11) is 0. The van der Waals surface area contributed by atoms with E-state index in [1.54, 1.807) is 24.3 Å². The lowest BCUT2D eigenvalue weighted by molar-refractivity contribution is 0.0847. The summed E-state index contributed by atoms with van der Waals surface area (Å²) in [5.74, 6) is -0.737. The van der Waals surface area contributed by atoms with Crippen molar-refractivity contribution in [3.63, 3.8) is 0 Å². The van der Waals surface area contributed by atoms with E-state index in [2.05, 4.69) is 15.2 Å². The first-order valence-corrected chi connectivity index (χ1v) is 8.37. The maximum atomic E-state index is 13.8. The molecule has 24 heavy (non-hydrogen) atoms. The fourth-order valence-electron chi connectivity index (χ4n) is 3.20. The molecule has 2 aromatic rings. The number of hydrogen-bond donors (Lipinski definition) is 2. The Balaban J connectivity index is 1.60. The quantitative estimate of drug-likeness (QED) is 0.879. The van der Waals surface area contributed by atoms with E-state index in [1.165, 1.54) is 6.07 Å². The molecule has 0 unspecified atom stereocenters. The molecule has 1 atom stereocenters. The zero-order chi connectivity index (χ0) is 16.9. The van der Waals surface area contributed by atoms with Gasteiger partial charge in [0, 0.05) is 24.5 Å². The Kier molecular flexibility index (Phi) is 5.37. The van der Waals surface area contributed by atoms with Crippen LogP contribution < -0.4 is 5.32 Å². The van der Waals surface area contributed by atoms with Gasteiger partial charge in [-0.25, -0.2) is 9.37 Å². The minimum Gasteiger partial charge on any atom is -0.395 e. The highest BCUT2D eigenvalue weighted by molar-refractivity contribution is 5.94. The average Bonchev–Trinajstić information content (AvgIpc) is 2.62. The highest BCUT2D eigenvalue weighted by atomic mass is 19.1. The van der Waals surface area contributed by atoms with Crippen LogP contribution in [0.4, 0.5) is 4.39 Å². The number of aliphatic hydroxyl groups is 1. The number of carbonyl (C=O) groups excluding carboxylic acids is 1. The molecule has 1 aliphatic rings. The first-order chi connectivity index (χ1) is 11.7. The van der Waals surface area contributed by atoms with Crippen molar-refractivity contribution < 1.29 is 14.3 Å². The van der Waals surface area contributed by atoms with Crippen LogP contribution in [-0.4, -0.2) is 53.2 Å². The molecule has 2 N–H and O–H groups in total. The van der Waals surface area contributed by atoms with Gasteiger partial charge in [0.25, 0.3) is 5.91 Å². The van der Waals surface area contributed by atoms with Gasteiger partial charge in [-0.15, -0.1) is 0 Å². The van der Waals surface area contributed by atoms with Crippen LogP contribution in [0.2, 0.25) is 0 Å². The monoisotopic (exact) mass is 331 g/mol. The summed E-state index contributed by atoms with van der Waals surface area (Å²) in [4.78, 5) is 18.6. The molecule has 1 amide bonds. The van der Waals surface area contributed by atoms with E-state index in [0.29, 0.717) is 18.5 Å². The molecule has 0 saturated carbocycles. The van der Waals surface area contributed by atoms with Crippen LogP contribution in [0.1, 0.15) is 29.8 Å². The Bertz CT molecular complexity index is 722. The third kappa shape index (κ3) is 3.71. The number of benzene rings is 1. The van der Waals surface area contributed by atoms with Gasteiger partial charge in [-0.2, -0.15) is 0 Å². The van der Waals surface area contributed by atoms with Crippen molar-refractivity contribution >= 4 is 16.8 Å². The van der Waals surface area contributed by atoms with Gasteiger partial charge >= 0.3 is 0 Å². The highest BCUT2D eigenvalue weighted by Gasteiger charge is 2.21. The summed E-state index contributed by atoms with van der Waals surface area (Å²) in [6.45, 7) is 2.27. The number of pyridine rings is 1. The Morgan fingerprint density at radius 3 is 3.04 bits per heavy atom. The van der Waals surface area contributed by atoms with Gasteiger partial charge in [0.05, 0.1) is 6.61 Å². The number of nitrogens with one attached hydrogen (secondary N) is 1. The summed E-state index contributed by atoms with van der Waals surface area (Å²) >= 11 is 0. The number of rotatable bonds is 5. The number of carbonyl (C=O) groups is 1. The normalized spacial score (nSPS) is 18.7. The van der Waals surface area contributed by atoms with Crippen LogP contribution in [0.25, 0.3) is 10.9 Å². The van der Waals surface area contributed by atoms with Gasteiger partial charge in [0.2, 0.25) is 0 Å². The van der Waals surface area contributed by atoms with Gasteiger partial charge in [0.15, 0.2) is 0 Å². The molecule has 1 aromatic carbocycles. The van der Waals surface area contributed by atoms with Crippen LogP contribution >= 0.6 is 0 Å². The van der Waals surface area contributed by atoms with Gasteiger partial charge in [-0.1, -0.05) is 24.6 Å². The van der Waals surface area contributed by atoms with Crippen LogP contribution in [0.5, 0.6) is 0 Å². The summed E-state index contributed by atoms with van der Waals surface area (Å²) in [6, 6.07) is 8.21. The molecule has 6 heteroatoms. The van der Waals surface area contributed by atoms with Crippen molar-refractivity contribution in [1.29, 1.82) is 0 Å². The molecule has 128 valence electrons. The first kappa shape index (κ1) is 16.8. The Hall–Kier alpha value is -2.05. The Labute approximate surface area is 140 Å². The van der Waals surface area contributed by atoms with E-state index in [-0.39, 0.29) is 29.8 Å². The summed E-state index contributed by atoms with van der Waals surface area (Å²) < 4.78 is 13.8. The predicted octanol–water partition coefficient (Wildman–Crippen LogP) is 1.95. The number of para-hydroxylation sites is 1. The van der Waals surface area contributed by atoms with Gasteiger partial charge in [-0.05, 0) is 31.5 Å². The van der Waals surface area contributed by atoms with Crippen LogP contribution in [-0.2, 0) is 0 Å². The van der Waals surface area contributed by atoms with Crippen molar-refractivity contribution in [2.45, 2.75) is 25.3 Å². The summed E-state index contributed by atoms with van der Waals surface area (Å²) in [5.41, 5.74) is 0.423.